The van der Waals surface area contributed by atoms with Crippen molar-refractivity contribution in [1.82, 2.24) is 0 Å². The van der Waals surface area contributed by atoms with Crippen molar-refractivity contribution >= 4 is 33.2 Å². The summed E-state index contributed by atoms with van der Waals surface area (Å²) in [7, 11) is 0. The molecule has 1 atom stereocenters. The molecule has 1 heterocycles. The Morgan fingerprint density at radius 1 is 1.75 bits per heavy atom. The van der Waals surface area contributed by atoms with Crippen molar-refractivity contribution in [1.29, 1.82) is 0 Å². The van der Waals surface area contributed by atoms with Gasteiger partial charge in [0.2, 0.25) is 5.91 Å². The van der Waals surface area contributed by atoms with E-state index < -0.39 is 0 Å². The lowest BCUT2D eigenvalue weighted by atomic mass is 10.1. The van der Waals surface area contributed by atoms with E-state index in [0.717, 1.165) is 9.35 Å². The Hall–Kier alpha value is -0.390. The fraction of sp³-hybridized carbons (Fsp3) is 0.286. The number of amides is 1. The molecule has 0 aliphatic rings. The van der Waals surface area contributed by atoms with E-state index in [1.807, 2.05) is 11.4 Å². The summed E-state index contributed by atoms with van der Waals surface area (Å²) in [5.74, 6) is -0.371. The number of thiophene rings is 1. The van der Waals surface area contributed by atoms with Gasteiger partial charge in [-0.3, -0.25) is 4.79 Å². The van der Waals surface area contributed by atoms with Gasteiger partial charge in [-0.2, -0.15) is 0 Å². The van der Waals surface area contributed by atoms with Gasteiger partial charge in [-0.15, -0.1) is 11.3 Å². The van der Waals surface area contributed by atoms with Gasteiger partial charge >= 0.3 is 0 Å². The van der Waals surface area contributed by atoms with E-state index in [4.69, 9.17) is 11.5 Å². The molecule has 0 unspecified atom stereocenters. The minimum Gasteiger partial charge on any atom is -0.370 e. The second-order valence-corrected chi connectivity index (χ2v) is 4.75. The van der Waals surface area contributed by atoms with Crippen LogP contribution in [0.2, 0.25) is 0 Å². The molecule has 1 aromatic rings. The number of rotatable bonds is 3. The number of nitrogens with two attached hydrogens (primary N) is 2. The zero-order valence-electron chi connectivity index (χ0n) is 6.29. The third-order valence-corrected chi connectivity index (χ3v) is 2.96. The minimum atomic E-state index is -0.371. The average molecular weight is 249 g/mol. The second kappa shape index (κ2) is 4.02. The van der Waals surface area contributed by atoms with Crippen molar-refractivity contribution in [2.45, 2.75) is 12.5 Å². The van der Waals surface area contributed by atoms with Crippen LogP contribution in [-0.2, 0) is 4.79 Å². The summed E-state index contributed by atoms with van der Waals surface area (Å²) >= 11 is 4.86. The van der Waals surface area contributed by atoms with Gasteiger partial charge in [-0.1, -0.05) is 0 Å². The molecule has 12 heavy (non-hydrogen) atoms. The summed E-state index contributed by atoms with van der Waals surface area (Å²) in [6.45, 7) is 0. The van der Waals surface area contributed by atoms with Gasteiger partial charge in [0, 0.05) is 12.5 Å². The maximum atomic E-state index is 10.5. The fourth-order valence-electron chi connectivity index (χ4n) is 0.852. The molecule has 0 spiro atoms. The lowest BCUT2D eigenvalue weighted by molar-refractivity contribution is -0.118. The molecule has 1 aromatic heterocycles. The summed E-state index contributed by atoms with van der Waals surface area (Å²) < 4.78 is 1.01. The minimum absolute atomic E-state index is 0.198. The smallest absolute Gasteiger partial charge is 0.219 e. The first-order valence-corrected chi connectivity index (χ1v) is 5.04. The first kappa shape index (κ1) is 9.70. The van der Waals surface area contributed by atoms with Crippen LogP contribution in [0.15, 0.2) is 15.2 Å². The predicted molar refractivity (Wildman–Crippen MR) is 52.8 cm³/mol. The topological polar surface area (TPSA) is 69.1 Å². The van der Waals surface area contributed by atoms with Crippen molar-refractivity contribution in [2.75, 3.05) is 0 Å². The zero-order chi connectivity index (χ0) is 9.14. The molecular weight excluding hydrogens is 240 g/mol. The molecule has 1 rings (SSSR count). The first-order chi connectivity index (χ1) is 5.59. The molecule has 0 fully saturated rings. The van der Waals surface area contributed by atoms with Gasteiger partial charge in [0.1, 0.15) is 0 Å². The van der Waals surface area contributed by atoms with Crippen molar-refractivity contribution < 1.29 is 4.79 Å². The average Bonchev–Trinajstić information content (AvgIpc) is 2.34. The monoisotopic (exact) mass is 248 g/mol. The van der Waals surface area contributed by atoms with Crippen molar-refractivity contribution in [3.63, 3.8) is 0 Å². The number of carbonyl (C=O) groups is 1. The van der Waals surface area contributed by atoms with Gasteiger partial charge in [-0.05, 0) is 32.9 Å². The largest absolute Gasteiger partial charge is 0.370 e. The molecule has 5 heteroatoms. The van der Waals surface area contributed by atoms with E-state index in [9.17, 15) is 4.79 Å². The predicted octanol–water partition coefficient (Wildman–Crippen LogP) is 1.39. The molecule has 0 aliphatic heterocycles. The molecule has 0 bridgehead atoms. The van der Waals surface area contributed by atoms with Gasteiger partial charge in [0.15, 0.2) is 0 Å². The van der Waals surface area contributed by atoms with Crippen LogP contribution in [0.4, 0.5) is 0 Å². The fourth-order valence-corrected chi connectivity index (χ4v) is 2.09. The Labute approximate surface area is 82.9 Å². The quantitative estimate of drug-likeness (QED) is 0.849. The number of halogens is 1. The molecule has 66 valence electrons. The van der Waals surface area contributed by atoms with E-state index in [0.29, 0.717) is 0 Å². The van der Waals surface area contributed by atoms with Gasteiger partial charge < -0.3 is 11.5 Å². The molecule has 1 amide bonds. The molecule has 0 aliphatic carbocycles. The Morgan fingerprint density at radius 3 is 2.83 bits per heavy atom. The van der Waals surface area contributed by atoms with E-state index >= 15 is 0 Å². The van der Waals surface area contributed by atoms with Crippen LogP contribution >= 0.6 is 27.3 Å². The van der Waals surface area contributed by atoms with E-state index in [-0.39, 0.29) is 18.4 Å². The summed E-state index contributed by atoms with van der Waals surface area (Å²) in [4.78, 5) is 10.5. The van der Waals surface area contributed by atoms with Crippen LogP contribution in [0.3, 0.4) is 0 Å². The van der Waals surface area contributed by atoms with E-state index in [1.54, 1.807) is 11.3 Å². The lowest BCUT2D eigenvalue weighted by Crippen LogP contribution is -2.20. The van der Waals surface area contributed by atoms with Crippen molar-refractivity contribution in [3.05, 3.63) is 20.8 Å². The van der Waals surface area contributed by atoms with Crippen LogP contribution in [-0.4, -0.2) is 5.91 Å². The first-order valence-electron chi connectivity index (χ1n) is 3.37. The van der Waals surface area contributed by atoms with Crippen LogP contribution < -0.4 is 11.5 Å². The van der Waals surface area contributed by atoms with Gasteiger partial charge in [-0.25, -0.2) is 0 Å². The highest BCUT2D eigenvalue weighted by atomic mass is 79.9. The lowest BCUT2D eigenvalue weighted by Gasteiger charge is -2.05. The van der Waals surface area contributed by atoms with Crippen LogP contribution in [0.25, 0.3) is 0 Å². The Bertz CT molecular complexity index is 287. The molecule has 0 saturated heterocycles. The second-order valence-electron chi connectivity index (χ2n) is 2.46. The summed E-state index contributed by atoms with van der Waals surface area (Å²) in [5, 5.41) is 1.91. The SMILES string of the molecule is NC(=O)C[C@H](N)c1csc(Br)c1. The Balaban J connectivity index is 2.64. The van der Waals surface area contributed by atoms with Crippen LogP contribution in [0.1, 0.15) is 18.0 Å². The summed E-state index contributed by atoms with van der Waals surface area (Å²) in [5.41, 5.74) is 11.7. The molecule has 3 nitrogen and oxygen atoms in total. The van der Waals surface area contributed by atoms with Gasteiger partial charge in [0.25, 0.3) is 0 Å². The van der Waals surface area contributed by atoms with E-state index in [2.05, 4.69) is 15.9 Å². The zero-order valence-corrected chi connectivity index (χ0v) is 8.69. The van der Waals surface area contributed by atoms with Crippen LogP contribution in [0, 0.1) is 0 Å². The summed E-state index contributed by atoms with van der Waals surface area (Å²) in [6.07, 6.45) is 0.198. The third-order valence-electron chi connectivity index (χ3n) is 1.44. The standard InChI is InChI=1S/C7H9BrN2OS/c8-6-1-4(3-12-6)5(9)2-7(10)11/h1,3,5H,2,9H2,(H2,10,11)/t5-/m0/s1. The number of hydrogen-bond donors (Lipinski definition) is 2. The molecule has 0 radical (unpaired) electrons. The van der Waals surface area contributed by atoms with Crippen LogP contribution in [0.5, 0.6) is 0 Å². The Morgan fingerprint density at radius 2 is 2.42 bits per heavy atom. The van der Waals surface area contributed by atoms with Crippen molar-refractivity contribution in [3.8, 4) is 0 Å². The molecule has 0 aromatic carbocycles. The maximum Gasteiger partial charge on any atom is 0.219 e. The third kappa shape index (κ3) is 2.58. The number of carbonyl (C=O) groups excluding carboxylic acids is 1. The molecule has 0 saturated carbocycles. The highest BCUT2D eigenvalue weighted by Gasteiger charge is 2.10. The van der Waals surface area contributed by atoms with Gasteiger partial charge in [0.05, 0.1) is 3.79 Å². The van der Waals surface area contributed by atoms with E-state index in [1.165, 1.54) is 0 Å². The maximum absolute atomic E-state index is 10.5. The van der Waals surface area contributed by atoms with Crippen molar-refractivity contribution in [2.24, 2.45) is 11.5 Å². The highest BCUT2D eigenvalue weighted by molar-refractivity contribution is 9.11. The summed E-state index contributed by atoms with van der Waals surface area (Å²) in [6, 6.07) is 1.63. The molecular formula is C7H9BrN2OS. The normalized spacial score (nSPS) is 12.8. The Kier molecular flexibility index (Phi) is 3.25. The number of hydrogen-bond acceptors (Lipinski definition) is 3. The molecule has 4 N–H and O–H groups in total. The highest BCUT2D eigenvalue weighted by Crippen LogP contribution is 2.25. The number of primary amides is 1.